The van der Waals surface area contributed by atoms with Crippen molar-refractivity contribution < 1.29 is 9.53 Å². The topological polar surface area (TPSA) is 69.0 Å². The van der Waals surface area contributed by atoms with E-state index in [-0.39, 0.29) is 12.0 Å². The maximum Gasteiger partial charge on any atom is 0.230 e. The molecule has 1 aromatic heterocycles. The van der Waals surface area contributed by atoms with Crippen molar-refractivity contribution in [2.45, 2.75) is 82.1 Å². The van der Waals surface area contributed by atoms with Gasteiger partial charge in [0.05, 0.1) is 18.4 Å². The summed E-state index contributed by atoms with van der Waals surface area (Å²) in [5.41, 5.74) is 0. The van der Waals surface area contributed by atoms with Crippen molar-refractivity contribution in [1.29, 1.82) is 0 Å². The van der Waals surface area contributed by atoms with Crippen molar-refractivity contribution >= 4 is 17.7 Å². The van der Waals surface area contributed by atoms with E-state index in [1.807, 2.05) is 0 Å². The number of nitrogens with one attached hydrogen (secondary N) is 1. The first-order valence-corrected chi connectivity index (χ1v) is 10.2. The molecule has 3 rings (SSSR count). The lowest BCUT2D eigenvalue weighted by Crippen LogP contribution is -2.33. The van der Waals surface area contributed by atoms with Gasteiger partial charge in [-0.1, -0.05) is 31.5 Å². The Bertz CT molecular complexity index is 537. The minimum atomic E-state index is 0.107. The normalized spacial score (nSPS) is 21.5. The summed E-state index contributed by atoms with van der Waals surface area (Å²) in [6.45, 7) is 3.80. The smallest absolute Gasteiger partial charge is 0.230 e. The van der Waals surface area contributed by atoms with Crippen LogP contribution in [-0.2, 0) is 22.5 Å². The zero-order valence-electron chi connectivity index (χ0n) is 14.5. The van der Waals surface area contributed by atoms with Gasteiger partial charge in [-0.3, -0.25) is 4.79 Å². The van der Waals surface area contributed by atoms with Gasteiger partial charge in [-0.2, -0.15) is 0 Å². The zero-order chi connectivity index (χ0) is 16.8. The third-order valence-corrected chi connectivity index (χ3v) is 5.70. The lowest BCUT2D eigenvalue weighted by atomic mass is 10.2. The summed E-state index contributed by atoms with van der Waals surface area (Å²) in [5, 5.41) is 12.6. The lowest BCUT2D eigenvalue weighted by Gasteiger charge is -2.15. The van der Waals surface area contributed by atoms with Crippen molar-refractivity contribution in [3.8, 4) is 0 Å². The van der Waals surface area contributed by atoms with E-state index in [2.05, 4.69) is 27.0 Å². The van der Waals surface area contributed by atoms with Crippen LogP contribution in [0.1, 0.15) is 57.7 Å². The first kappa shape index (κ1) is 17.7. The minimum Gasteiger partial charge on any atom is -0.376 e. The van der Waals surface area contributed by atoms with Gasteiger partial charge in [-0.15, -0.1) is 10.2 Å². The molecule has 1 aromatic rings. The number of carbonyl (C=O) groups is 1. The summed E-state index contributed by atoms with van der Waals surface area (Å²) in [5.74, 6) is 1.52. The van der Waals surface area contributed by atoms with Crippen LogP contribution in [0.5, 0.6) is 0 Å². The predicted molar refractivity (Wildman–Crippen MR) is 94.1 cm³/mol. The zero-order valence-corrected chi connectivity index (χ0v) is 15.3. The number of hydrogen-bond donors (Lipinski definition) is 1. The summed E-state index contributed by atoms with van der Waals surface area (Å²) in [6.07, 6.45) is 9.12. The fourth-order valence-corrected chi connectivity index (χ4v) is 4.26. The Morgan fingerprint density at radius 1 is 1.29 bits per heavy atom. The van der Waals surface area contributed by atoms with Crippen LogP contribution in [0, 0.1) is 0 Å². The highest BCUT2D eigenvalue weighted by Gasteiger charge is 2.22. The van der Waals surface area contributed by atoms with Crippen LogP contribution in [0.2, 0.25) is 0 Å². The number of thioether (sulfide) groups is 1. The Balaban J connectivity index is 1.57. The molecule has 1 saturated heterocycles. The van der Waals surface area contributed by atoms with E-state index in [4.69, 9.17) is 4.74 Å². The molecule has 1 saturated carbocycles. The molecule has 1 aliphatic heterocycles. The van der Waals surface area contributed by atoms with Gasteiger partial charge in [0, 0.05) is 19.1 Å². The van der Waals surface area contributed by atoms with Gasteiger partial charge in [0.2, 0.25) is 5.91 Å². The molecule has 6 nitrogen and oxygen atoms in total. The molecule has 134 valence electrons. The van der Waals surface area contributed by atoms with Gasteiger partial charge in [0.1, 0.15) is 5.82 Å². The van der Waals surface area contributed by atoms with Gasteiger partial charge in [-0.25, -0.2) is 0 Å². The van der Waals surface area contributed by atoms with Gasteiger partial charge < -0.3 is 14.6 Å². The quantitative estimate of drug-likeness (QED) is 0.728. The molecule has 1 aliphatic carbocycles. The molecule has 0 radical (unpaired) electrons. The number of rotatable bonds is 8. The fourth-order valence-electron chi connectivity index (χ4n) is 3.48. The molecule has 2 heterocycles. The maximum absolute atomic E-state index is 12.1. The Hall–Kier alpha value is -1.08. The van der Waals surface area contributed by atoms with Crippen LogP contribution < -0.4 is 5.32 Å². The number of amides is 1. The second kappa shape index (κ2) is 8.85. The largest absolute Gasteiger partial charge is 0.376 e. The van der Waals surface area contributed by atoms with E-state index >= 15 is 0 Å². The molecule has 0 aromatic carbocycles. The van der Waals surface area contributed by atoms with Crippen LogP contribution in [0.4, 0.5) is 0 Å². The Morgan fingerprint density at radius 3 is 2.83 bits per heavy atom. The van der Waals surface area contributed by atoms with Crippen LogP contribution in [0.3, 0.4) is 0 Å². The summed E-state index contributed by atoms with van der Waals surface area (Å²) in [7, 11) is 0. The summed E-state index contributed by atoms with van der Waals surface area (Å²) in [6, 6.07) is 0.374. The van der Waals surface area contributed by atoms with Gasteiger partial charge >= 0.3 is 0 Å². The van der Waals surface area contributed by atoms with E-state index in [1.54, 1.807) is 0 Å². The summed E-state index contributed by atoms with van der Waals surface area (Å²) >= 11 is 1.49. The maximum atomic E-state index is 12.1. The molecule has 1 N–H and O–H groups in total. The van der Waals surface area contributed by atoms with Gasteiger partial charge in [0.15, 0.2) is 5.16 Å². The molecule has 24 heavy (non-hydrogen) atoms. The Kier molecular flexibility index (Phi) is 6.54. The third kappa shape index (κ3) is 4.72. The highest BCUT2D eigenvalue weighted by Crippen LogP contribution is 2.22. The molecule has 2 aliphatic rings. The van der Waals surface area contributed by atoms with E-state index in [9.17, 15) is 4.79 Å². The van der Waals surface area contributed by atoms with Crippen molar-refractivity contribution in [3.63, 3.8) is 0 Å². The summed E-state index contributed by atoms with van der Waals surface area (Å²) in [4.78, 5) is 12.1. The van der Waals surface area contributed by atoms with E-state index in [0.717, 1.165) is 62.7 Å². The first-order valence-electron chi connectivity index (χ1n) is 9.22. The van der Waals surface area contributed by atoms with Gasteiger partial charge in [-0.05, 0) is 32.1 Å². The van der Waals surface area contributed by atoms with Crippen LogP contribution >= 0.6 is 11.8 Å². The second-order valence-corrected chi connectivity index (χ2v) is 7.67. The number of nitrogens with zero attached hydrogens (tertiary/aromatic N) is 3. The first-order chi connectivity index (χ1) is 11.8. The van der Waals surface area contributed by atoms with Crippen molar-refractivity contribution in [1.82, 2.24) is 20.1 Å². The van der Waals surface area contributed by atoms with E-state index in [1.165, 1.54) is 24.6 Å². The molecule has 2 fully saturated rings. The SMILES string of the molecule is CCCc1nnc(SCC(=O)NC2CCCC2)n1CC1CCCO1. The molecular weight excluding hydrogens is 324 g/mol. The standard InChI is InChI=1S/C17H28N4O2S/c1-2-6-15-19-20-17(21(15)11-14-9-5-10-23-14)24-12-16(22)18-13-7-3-4-8-13/h13-14H,2-12H2,1H3,(H,18,22). The van der Waals surface area contributed by atoms with Crippen molar-refractivity contribution in [3.05, 3.63) is 5.82 Å². The lowest BCUT2D eigenvalue weighted by molar-refractivity contribution is -0.119. The van der Waals surface area contributed by atoms with Crippen LogP contribution in [0.25, 0.3) is 0 Å². The molecule has 0 bridgehead atoms. The highest BCUT2D eigenvalue weighted by molar-refractivity contribution is 7.99. The van der Waals surface area contributed by atoms with Crippen molar-refractivity contribution in [2.24, 2.45) is 0 Å². The highest BCUT2D eigenvalue weighted by atomic mass is 32.2. The molecule has 1 amide bonds. The molecular formula is C17H28N4O2S. The predicted octanol–water partition coefficient (Wildman–Crippen LogP) is 2.56. The Morgan fingerprint density at radius 2 is 2.12 bits per heavy atom. The average molecular weight is 353 g/mol. The minimum absolute atomic E-state index is 0.107. The Labute approximate surface area is 148 Å². The van der Waals surface area contributed by atoms with Crippen LogP contribution in [-0.4, -0.2) is 45.2 Å². The van der Waals surface area contributed by atoms with E-state index in [0.29, 0.717) is 11.8 Å². The number of carbonyl (C=O) groups excluding carboxylic acids is 1. The van der Waals surface area contributed by atoms with Crippen molar-refractivity contribution in [2.75, 3.05) is 12.4 Å². The fraction of sp³-hybridized carbons (Fsp3) is 0.824. The second-order valence-electron chi connectivity index (χ2n) is 6.73. The third-order valence-electron chi connectivity index (χ3n) is 4.73. The number of ether oxygens (including phenoxy) is 1. The number of hydrogen-bond acceptors (Lipinski definition) is 5. The molecule has 1 unspecified atom stereocenters. The number of aryl methyl sites for hydroxylation is 1. The van der Waals surface area contributed by atoms with E-state index < -0.39 is 0 Å². The molecule has 0 spiro atoms. The van der Waals surface area contributed by atoms with Crippen LogP contribution in [0.15, 0.2) is 5.16 Å². The number of aromatic nitrogens is 3. The van der Waals surface area contributed by atoms with Gasteiger partial charge in [0.25, 0.3) is 0 Å². The average Bonchev–Trinajstić information content (AvgIpc) is 3.30. The monoisotopic (exact) mass is 352 g/mol. The summed E-state index contributed by atoms with van der Waals surface area (Å²) < 4.78 is 7.92. The molecule has 1 atom stereocenters. The molecule has 7 heteroatoms.